The molecular formula is C16H22BFN2O5. The number of carboxylic acids is 1. The molecule has 0 bridgehead atoms. The molecular weight excluding hydrogens is 330 g/mol. The quantitative estimate of drug-likeness (QED) is 0.517. The van der Waals surface area contributed by atoms with Crippen molar-refractivity contribution in [1.82, 2.24) is 10.2 Å². The Bertz CT molecular complexity index is 643. The van der Waals surface area contributed by atoms with Crippen LogP contribution in [0.5, 0.6) is 0 Å². The van der Waals surface area contributed by atoms with E-state index in [9.17, 15) is 29.1 Å². The number of nitrogens with zero attached hydrogens (tertiary/aromatic N) is 1. The largest absolute Gasteiger partial charge is 0.491 e. The van der Waals surface area contributed by atoms with Crippen molar-refractivity contribution in [2.75, 3.05) is 13.6 Å². The van der Waals surface area contributed by atoms with E-state index in [1.165, 1.54) is 11.0 Å². The fraction of sp³-hybridized carbons (Fsp3) is 0.500. The van der Waals surface area contributed by atoms with Gasteiger partial charge in [-0.15, -0.1) is 0 Å². The summed E-state index contributed by atoms with van der Waals surface area (Å²) in [6.07, 6.45) is 3.38. The van der Waals surface area contributed by atoms with Gasteiger partial charge in [0, 0.05) is 23.1 Å². The van der Waals surface area contributed by atoms with Gasteiger partial charge >= 0.3 is 13.1 Å². The van der Waals surface area contributed by atoms with Crippen molar-refractivity contribution in [1.29, 1.82) is 0 Å². The van der Waals surface area contributed by atoms with E-state index in [0.29, 0.717) is 6.42 Å². The van der Waals surface area contributed by atoms with Crippen LogP contribution in [0.25, 0.3) is 0 Å². The van der Waals surface area contributed by atoms with Gasteiger partial charge in [-0.3, -0.25) is 9.59 Å². The Balaban J connectivity index is 2.35. The average Bonchev–Trinajstić information content (AvgIpc) is 2.59. The summed E-state index contributed by atoms with van der Waals surface area (Å²) in [5.41, 5.74) is -0.402. The minimum Gasteiger partial charge on any atom is -0.480 e. The molecule has 1 aromatic carbocycles. The summed E-state index contributed by atoms with van der Waals surface area (Å²) in [4.78, 5) is 25.4. The Morgan fingerprint density at radius 1 is 1.32 bits per heavy atom. The molecule has 7 nitrogen and oxygen atoms in total. The molecule has 136 valence electrons. The number of carbonyl (C=O) groups is 2. The molecule has 0 aromatic heterocycles. The summed E-state index contributed by atoms with van der Waals surface area (Å²) in [5.74, 6) is -2.56. The number of nitrogens with one attached hydrogen (secondary N) is 1. The molecule has 0 saturated heterocycles. The lowest BCUT2D eigenvalue weighted by Crippen LogP contribution is -2.54. The zero-order valence-corrected chi connectivity index (χ0v) is 14.0. The molecule has 1 saturated carbocycles. The molecule has 0 heterocycles. The standard InChI is InChI=1S/C16H22BFN2O5/c1-19-13-4-2-3-5-14(13)20(9-15(21)22)16(23)10-6-7-12(18)11(8-10)17(24)25/h6-8,13-14,19,24-25H,2-5,9H2,1H3,(H,21,22). The van der Waals surface area contributed by atoms with Crippen molar-refractivity contribution in [2.24, 2.45) is 0 Å². The molecule has 1 fully saturated rings. The summed E-state index contributed by atoms with van der Waals surface area (Å²) in [5, 5.41) is 30.7. The topological polar surface area (TPSA) is 110 Å². The van der Waals surface area contributed by atoms with Crippen LogP contribution in [0.15, 0.2) is 18.2 Å². The lowest BCUT2D eigenvalue weighted by atomic mass is 9.79. The molecule has 4 N–H and O–H groups in total. The second-order valence-corrected chi connectivity index (χ2v) is 6.18. The van der Waals surface area contributed by atoms with Crippen molar-refractivity contribution in [2.45, 2.75) is 37.8 Å². The summed E-state index contributed by atoms with van der Waals surface area (Å²) < 4.78 is 13.6. The highest BCUT2D eigenvalue weighted by atomic mass is 19.1. The van der Waals surface area contributed by atoms with Crippen molar-refractivity contribution in [3.8, 4) is 0 Å². The highest BCUT2D eigenvalue weighted by Gasteiger charge is 2.34. The van der Waals surface area contributed by atoms with Gasteiger partial charge in [-0.1, -0.05) is 12.8 Å². The highest BCUT2D eigenvalue weighted by Crippen LogP contribution is 2.24. The molecule has 1 amide bonds. The number of aliphatic carboxylic acids is 1. The maximum Gasteiger partial charge on any atom is 0.491 e. The van der Waals surface area contributed by atoms with Gasteiger partial charge in [-0.25, -0.2) is 4.39 Å². The monoisotopic (exact) mass is 352 g/mol. The Morgan fingerprint density at radius 3 is 2.60 bits per heavy atom. The third-order valence-corrected chi connectivity index (χ3v) is 4.59. The van der Waals surface area contributed by atoms with Gasteiger partial charge < -0.3 is 25.4 Å². The third-order valence-electron chi connectivity index (χ3n) is 4.59. The zero-order valence-electron chi connectivity index (χ0n) is 14.0. The molecule has 0 radical (unpaired) electrons. The van der Waals surface area contributed by atoms with Crippen molar-refractivity contribution in [3.05, 3.63) is 29.6 Å². The van der Waals surface area contributed by atoms with Gasteiger partial charge in [0.05, 0.1) is 0 Å². The minimum absolute atomic E-state index is 0.0196. The van der Waals surface area contributed by atoms with Gasteiger partial charge in [0.15, 0.2) is 0 Å². The molecule has 9 heteroatoms. The summed E-state index contributed by atoms with van der Waals surface area (Å²) in [7, 11) is -0.287. The van der Waals surface area contributed by atoms with E-state index in [1.807, 2.05) is 0 Å². The zero-order chi connectivity index (χ0) is 18.6. The molecule has 2 unspecified atom stereocenters. The summed E-state index contributed by atoms with van der Waals surface area (Å²) >= 11 is 0. The smallest absolute Gasteiger partial charge is 0.480 e. The third kappa shape index (κ3) is 4.56. The number of carboxylic acid groups (broad SMARTS) is 1. The van der Waals surface area contributed by atoms with E-state index >= 15 is 0 Å². The molecule has 0 spiro atoms. The van der Waals surface area contributed by atoms with Crippen molar-refractivity contribution < 1.29 is 29.1 Å². The van der Waals surface area contributed by atoms with Crippen LogP contribution >= 0.6 is 0 Å². The minimum atomic E-state index is -2.06. The maximum absolute atomic E-state index is 13.6. The normalized spacial score (nSPS) is 20.2. The number of likely N-dealkylation sites (N-methyl/N-ethyl adjacent to an activating group) is 1. The van der Waals surface area contributed by atoms with E-state index < -0.39 is 36.8 Å². The number of rotatable bonds is 6. The first-order valence-electron chi connectivity index (χ1n) is 8.20. The van der Waals surface area contributed by atoms with Crippen LogP contribution in [0.2, 0.25) is 0 Å². The van der Waals surface area contributed by atoms with Crippen LogP contribution in [0.3, 0.4) is 0 Å². The number of benzene rings is 1. The Kier molecular flexibility index (Phi) is 6.52. The first kappa shape index (κ1) is 19.4. The van der Waals surface area contributed by atoms with Gasteiger partial charge in [-0.2, -0.15) is 0 Å². The molecule has 25 heavy (non-hydrogen) atoms. The highest BCUT2D eigenvalue weighted by molar-refractivity contribution is 6.58. The fourth-order valence-electron chi connectivity index (χ4n) is 3.35. The van der Waals surface area contributed by atoms with Crippen LogP contribution in [0.4, 0.5) is 4.39 Å². The van der Waals surface area contributed by atoms with E-state index in [2.05, 4.69) is 5.32 Å². The summed E-state index contributed by atoms with van der Waals surface area (Å²) in [6.45, 7) is -0.476. The number of amides is 1. The predicted molar refractivity (Wildman–Crippen MR) is 90.0 cm³/mol. The molecule has 2 atom stereocenters. The van der Waals surface area contributed by atoms with Gasteiger partial charge in [0.1, 0.15) is 12.4 Å². The average molecular weight is 352 g/mol. The van der Waals surface area contributed by atoms with E-state index in [4.69, 9.17) is 0 Å². The lowest BCUT2D eigenvalue weighted by molar-refractivity contribution is -0.138. The number of hydrogen-bond donors (Lipinski definition) is 4. The second kappa shape index (κ2) is 8.42. The number of carbonyl (C=O) groups excluding carboxylic acids is 1. The predicted octanol–water partition coefficient (Wildman–Crippen LogP) is -0.437. The maximum atomic E-state index is 13.6. The first-order valence-corrected chi connectivity index (χ1v) is 8.20. The van der Waals surface area contributed by atoms with Gasteiger partial charge in [0.25, 0.3) is 5.91 Å². The van der Waals surface area contributed by atoms with Gasteiger partial charge in [-0.05, 0) is 38.1 Å². The lowest BCUT2D eigenvalue weighted by Gasteiger charge is -2.39. The SMILES string of the molecule is CNC1CCCCC1N(CC(=O)O)C(=O)c1ccc(F)c(B(O)O)c1. The van der Waals surface area contributed by atoms with Crippen molar-refractivity contribution in [3.63, 3.8) is 0 Å². The van der Waals surface area contributed by atoms with Crippen molar-refractivity contribution >= 4 is 24.5 Å². The molecule has 2 rings (SSSR count). The van der Waals surface area contributed by atoms with Gasteiger partial charge in [0.2, 0.25) is 0 Å². The van der Waals surface area contributed by atoms with Crippen LogP contribution in [0.1, 0.15) is 36.0 Å². The van der Waals surface area contributed by atoms with E-state index in [-0.39, 0.29) is 17.6 Å². The van der Waals surface area contributed by atoms with Crippen LogP contribution < -0.4 is 10.8 Å². The molecule has 1 aromatic rings. The fourth-order valence-corrected chi connectivity index (χ4v) is 3.35. The van der Waals surface area contributed by atoms with Crippen LogP contribution in [-0.4, -0.2) is 64.7 Å². The second-order valence-electron chi connectivity index (χ2n) is 6.18. The van der Waals surface area contributed by atoms with E-state index in [0.717, 1.165) is 31.4 Å². The Morgan fingerprint density at radius 2 is 2.00 bits per heavy atom. The Hall–Kier alpha value is -1.97. The molecule has 1 aliphatic carbocycles. The van der Waals surface area contributed by atoms with Crippen LogP contribution in [0, 0.1) is 5.82 Å². The van der Waals surface area contributed by atoms with E-state index in [1.54, 1.807) is 7.05 Å². The molecule has 1 aliphatic rings. The first-order chi connectivity index (χ1) is 11.8. The Labute approximate surface area is 145 Å². The number of hydrogen-bond acceptors (Lipinski definition) is 5. The summed E-state index contributed by atoms with van der Waals surface area (Å²) in [6, 6.07) is 2.91. The number of halogens is 1. The van der Waals surface area contributed by atoms with Crippen LogP contribution in [-0.2, 0) is 4.79 Å². The molecule has 0 aliphatic heterocycles.